The molecule has 38 heavy (non-hydrogen) atoms. The van der Waals surface area contributed by atoms with Gasteiger partial charge in [0.1, 0.15) is 5.75 Å². The van der Waals surface area contributed by atoms with E-state index in [4.69, 9.17) is 4.74 Å². The van der Waals surface area contributed by atoms with Gasteiger partial charge in [-0.25, -0.2) is 4.79 Å². The van der Waals surface area contributed by atoms with Crippen LogP contribution in [0.1, 0.15) is 66.8 Å². The molecule has 0 aromatic heterocycles. The molecule has 6 nitrogen and oxygen atoms in total. The van der Waals surface area contributed by atoms with Crippen LogP contribution in [0.5, 0.6) is 5.75 Å². The lowest BCUT2D eigenvalue weighted by atomic mass is 9.83. The Morgan fingerprint density at radius 1 is 0.947 bits per heavy atom. The van der Waals surface area contributed by atoms with Crippen molar-refractivity contribution in [2.75, 3.05) is 26.2 Å². The zero-order valence-electron chi connectivity index (χ0n) is 22.7. The molecule has 1 saturated heterocycles. The zero-order chi connectivity index (χ0) is 27.1. The Labute approximate surface area is 226 Å². The SMILES string of the molecule is CCN(CC)Cc1ccc(C(=O)Oc2ccc([C@H](O)[C@@H](C)N3CCC(O)(c4ccccc4)CC3)cc2)cc1. The fourth-order valence-electron chi connectivity index (χ4n) is 5.17. The predicted octanol–water partition coefficient (Wildman–Crippen LogP) is 5.15. The Balaban J connectivity index is 1.31. The van der Waals surface area contributed by atoms with Gasteiger partial charge in [-0.2, -0.15) is 0 Å². The zero-order valence-corrected chi connectivity index (χ0v) is 22.7. The third-order valence-corrected chi connectivity index (χ3v) is 7.89. The van der Waals surface area contributed by atoms with Crippen LogP contribution in [0.3, 0.4) is 0 Å². The minimum Gasteiger partial charge on any atom is -0.423 e. The Morgan fingerprint density at radius 3 is 2.13 bits per heavy atom. The summed E-state index contributed by atoms with van der Waals surface area (Å²) in [6.07, 6.45) is 0.555. The number of aliphatic hydroxyl groups excluding tert-OH is 1. The van der Waals surface area contributed by atoms with E-state index in [1.807, 2.05) is 49.4 Å². The number of hydrogen-bond acceptors (Lipinski definition) is 6. The molecule has 0 unspecified atom stereocenters. The van der Waals surface area contributed by atoms with E-state index in [-0.39, 0.29) is 6.04 Å². The fourth-order valence-corrected chi connectivity index (χ4v) is 5.17. The highest BCUT2D eigenvalue weighted by Crippen LogP contribution is 2.35. The molecule has 0 aliphatic carbocycles. The largest absolute Gasteiger partial charge is 0.423 e. The highest BCUT2D eigenvalue weighted by Gasteiger charge is 2.36. The molecule has 202 valence electrons. The van der Waals surface area contributed by atoms with Crippen molar-refractivity contribution in [2.45, 2.75) is 57.9 Å². The first-order valence-corrected chi connectivity index (χ1v) is 13.7. The molecule has 6 heteroatoms. The number of likely N-dealkylation sites (tertiary alicyclic amines) is 1. The first kappa shape index (κ1) is 28.0. The van der Waals surface area contributed by atoms with Crippen molar-refractivity contribution in [1.29, 1.82) is 0 Å². The van der Waals surface area contributed by atoms with E-state index in [2.05, 4.69) is 23.6 Å². The van der Waals surface area contributed by atoms with Crippen LogP contribution >= 0.6 is 0 Å². The number of esters is 1. The topological polar surface area (TPSA) is 73.2 Å². The summed E-state index contributed by atoms with van der Waals surface area (Å²) in [5.41, 5.74) is 2.57. The number of carbonyl (C=O) groups excluding carboxylic acids is 1. The lowest BCUT2D eigenvalue weighted by Gasteiger charge is -2.42. The quantitative estimate of drug-likeness (QED) is 0.287. The lowest BCUT2D eigenvalue weighted by molar-refractivity contribution is -0.0501. The van der Waals surface area contributed by atoms with Crippen LogP contribution in [0.25, 0.3) is 0 Å². The average molecular weight is 517 g/mol. The van der Waals surface area contributed by atoms with Gasteiger partial charge in [-0.05, 0) is 73.8 Å². The first-order valence-electron chi connectivity index (χ1n) is 13.7. The summed E-state index contributed by atoms with van der Waals surface area (Å²) in [7, 11) is 0. The number of aliphatic hydroxyl groups is 2. The maximum atomic E-state index is 12.6. The molecule has 3 aromatic carbocycles. The smallest absolute Gasteiger partial charge is 0.343 e. The van der Waals surface area contributed by atoms with E-state index in [0.29, 0.717) is 37.2 Å². The molecule has 4 rings (SSSR count). The van der Waals surface area contributed by atoms with Crippen molar-refractivity contribution in [3.05, 3.63) is 101 Å². The minimum atomic E-state index is -0.820. The monoisotopic (exact) mass is 516 g/mol. The van der Waals surface area contributed by atoms with Crippen LogP contribution in [-0.2, 0) is 12.1 Å². The number of carbonyl (C=O) groups is 1. The van der Waals surface area contributed by atoms with Crippen molar-refractivity contribution in [3.63, 3.8) is 0 Å². The number of benzene rings is 3. The number of hydrogen-bond donors (Lipinski definition) is 2. The van der Waals surface area contributed by atoms with Gasteiger partial charge in [0.2, 0.25) is 0 Å². The van der Waals surface area contributed by atoms with Crippen molar-refractivity contribution < 1.29 is 19.7 Å². The molecule has 2 N–H and O–H groups in total. The molecule has 1 fully saturated rings. The van der Waals surface area contributed by atoms with Crippen molar-refractivity contribution in [2.24, 2.45) is 0 Å². The third-order valence-electron chi connectivity index (χ3n) is 7.89. The van der Waals surface area contributed by atoms with E-state index in [1.54, 1.807) is 36.4 Å². The predicted molar refractivity (Wildman–Crippen MR) is 150 cm³/mol. The standard InChI is InChI=1S/C32H40N2O4/c1-4-33(5-2)23-25-11-13-27(14-12-25)31(36)38-29-17-15-26(16-18-29)30(35)24(3)34-21-19-32(37,20-22-34)28-9-7-6-8-10-28/h6-18,24,30,35,37H,4-5,19-23H2,1-3H3/t24-,30-/m1/s1. The Bertz CT molecular complexity index is 1150. The third kappa shape index (κ3) is 6.69. The summed E-state index contributed by atoms with van der Waals surface area (Å²) in [6.45, 7) is 10.5. The van der Waals surface area contributed by atoms with E-state index in [1.165, 1.54) is 0 Å². The van der Waals surface area contributed by atoms with Crippen LogP contribution < -0.4 is 4.74 Å². The second-order valence-electron chi connectivity index (χ2n) is 10.2. The number of piperidine rings is 1. The molecule has 0 amide bonds. The van der Waals surface area contributed by atoms with Gasteiger partial charge in [0.25, 0.3) is 0 Å². The molecule has 1 aliphatic heterocycles. The van der Waals surface area contributed by atoms with Crippen LogP contribution in [-0.4, -0.2) is 58.2 Å². The van der Waals surface area contributed by atoms with Crippen LogP contribution in [0, 0.1) is 0 Å². The van der Waals surface area contributed by atoms with Crippen molar-refractivity contribution in [1.82, 2.24) is 9.80 Å². The van der Waals surface area contributed by atoms with E-state index < -0.39 is 17.7 Å². The number of nitrogens with zero attached hydrogens (tertiary/aromatic N) is 2. The second-order valence-corrected chi connectivity index (χ2v) is 10.2. The molecule has 2 atom stereocenters. The average Bonchev–Trinajstić information content (AvgIpc) is 2.96. The van der Waals surface area contributed by atoms with Crippen LogP contribution in [0.15, 0.2) is 78.9 Å². The van der Waals surface area contributed by atoms with Gasteiger partial charge in [0, 0.05) is 25.7 Å². The molecule has 1 aliphatic rings. The molecule has 0 spiro atoms. The molecule has 0 radical (unpaired) electrons. The van der Waals surface area contributed by atoms with Gasteiger partial charge in [-0.15, -0.1) is 0 Å². The summed E-state index contributed by atoms with van der Waals surface area (Å²) in [5.74, 6) is 0.0389. The van der Waals surface area contributed by atoms with E-state index in [9.17, 15) is 15.0 Å². The Hall–Kier alpha value is -3.03. The highest BCUT2D eigenvalue weighted by atomic mass is 16.5. The normalized spacial score (nSPS) is 17.2. The second kappa shape index (κ2) is 12.7. The lowest BCUT2D eigenvalue weighted by Crippen LogP contribution is -2.47. The fraction of sp³-hybridized carbons (Fsp3) is 0.406. The molecular formula is C32H40N2O4. The van der Waals surface area contributed by atoms with Gasteiger partial charge in [-0.1, -0.05) is 68.4 Å². The summed E-state index contributed by atoms with van der Waals surface area (Å²) in [6, 6.07) is 24.3. The van der Waals surface area contributed by atoms with Crippen molar-refractivity contribution >= 4 is 5.97 Å². The van der Waals surface area contributed by atoms with E-state index >= 15 is 0 Å². The molecule has 0 bridgehead atoms. The summed E-state index contributed by atoms with van der Waals surface area (Å²) >= 11 is 0. The van der Waals surface area contributed by atoms with Crippen molar-refractivity contribution in [3.8, 4) is 5.75 Å². The summed E-state index contributed by atoms with van der Waals surface area (Å²) in [4.78, 5) is 17.2. The van der Waals surface area contributed by atoms with Crippen LogP contribution in [0.2, 0.25) is 0 Å². The van der Waals surface area contributed by atoms with Crippen LogP contribution in [0.4, 0.5) is 0 Å². The van der Waals surface area contributed by atoms with Gasteiger partial charge < -0.3 is 14.9 Å². The Kier molecular flexibility index (Phi) is 9.34. The highest BCUT2D eigenvalue weighted by molar-refractivity contribution is 5.91. The van der Waals surface area contributed by atoms with E-state index in [0.717, 1.165) is 36.3 Å². The van der Waals surface area contributed by atoms with Gasteiger partial charge in [0.15, 0.2) is 0 Å². The van der Waals surface area contributed by atoms with Gasteiger partial charge in [-0.3, -0.25) is 9.80 Å². The Morgan fingerprint density at radius 2 is 1.55 bits per heavy atom. The molecular weight excluding hydrogens is 476 g/mol. The van der Waals surface area contributed by atoms with Gasteiger partial charge in [0.05, 0.1) is 17.3 Å². The maximum Gasteiger partial charge on any atom is 0.343 e. The molecule has 3 aromatic rings. The molecule has 0 saturated carbocycles. The first-order chi connectivity index (χ1) is 18.3. The molecule has 1 heterocycles. The summed E-state index contributed by atoms with van der Waals surface area (Å²) < 4.78 is 5.57. The maximum absolute atomic E-state index is 12.6. The van der Waals surface area contributed by atoms with Gasteiger partial charge >= 0.3 is 5.97 Å². The summed E-state index contributed by atoms with van der Waals surface area (Å²) in [5, 5.41) is 22.2. The minimum absolute atomic E-state index is 0.112. The number of ether oxygens (including phenoxy) is 1. The number of rotatable bonds is 10.